The molecule has 3 nitrogen and oxygen atoms in total. The van der Waals surface area contributed by atoms with Crippen molar-refractivity contribution in [1.82, 2.24) is 10.6 Å². The molecule has 0 spiro atoms. The van der Waals surface area contributed by atoms with E-state index in [1.54, 1.807) is 0 Å². The van der Waals surface area contributed by atoms with Crippen molar-refractivity contribution in [1.29, 1.82) is 0 Å². The second-order valence-electron chi connectivity index (χ2n) is 4.81. The minimum atomic E-state index is -0.266. The standard InChI is InChI=1S/C15H24N2O/c1-4-15(2,13-9-6-5-7-10-13)17-14(18)11-8-12-16-3/h5-7,9-10,16H,4,8,11-12H2,1-3H3,(H,17,18)/t15-/m0/s1. The van der Waals surface area contributed by atoms with Gasteiger partial charge in [-0.3, -0.25) is 4.79 Å². The van der Waals surface area contributed by atoms with Gasteiger partial charge in [0.1, 0.15) is 0 Å². The Bertz CT molecular complexity index is 364. The molecule has 0 aliphatic rings. The normalized spacial score (nSPS) is 13.9. The molecule has 0 unspecified atom stereocenters. The van der Waals surface area contributed by atoms with Crippen LogP contribution >= 0.6 is 0 Å². The Labute approximate surface area is 110 Å². The van der Waals surface area contributed by atoms with Crippen molar-refractivity contribution >= 4 is 5.91 Å². The van der Waals surface area contributed by atoms with E-state index in [2.05, 4.69) is 36.6 Å². The number of carbonyl (C=O) groups is 1. The highest BCUT2D eigenvalue weighted by molar-refractivity contribution is 5.77. The Morgan fingerprint density at radius 2 is 1.94 bits per heavy atom. The Hall–Kier alpha value is -1.35. The summed E-state index contributed by atoms with van der Waals surface area (Å²) in [6.45, 7) is 5.06. The van der Waals surface area contributed by atoms with Crippen LogP contribution in [0.5, 0.6) is 0 Å². The van der Waals surface area contributed by atoms with E-state index < -0.39 is 0 Å². The Morgan fingerprint density at radius 1 is 1.28 bits per heavy atom. The Balaban J connectivity index is 2.63. The third-order valence-electron chi connectivity index (χ3n) is 3.36. The highest BCUT2D eigenvalue weighted by Gasteiger charge is 2.25. The fourth-order valence-electron chi connectivity index (χ4n) is 1.97. The summed E-state index contributed by atoms with van der Waals surface area (Å²) < 4.78 is 0. The van der Waals surface area contributed by atoms with Crippen LogP contribution in [0.2, 0.25) is 0 Å². The predicted octanol–water partition coefficient (Wildman–Crippen LogP) is 2.43. The molecule has 0 bridgehead atoms. The van der Waals surface area contributed by atoms with Crippen molar-refractivity contribution in [3.8, 4) is 0 Å². The lowest BCUT2D eigenvalue weighted by molar-refractivity contribution is -0.123. The van der Waals surface area contributed by atoms with E-state index in [4.69, 9.17) is 0 Å². The second-order valence-corrected chi connectivity index (χ2v) is 4.81. The number of amides is 1. The van der Waals surface area contributed by atoms with Crippen LogP contribution in [0.4, 0.5) is 0 Å². The van der Waals surface area contributed by atoms with Gasteiger partial charge in [-0.1, -0.05) is 37.3 Å². The SMILES string of the molecule is CC[C@](C)(NC(=O)CCCNC)c1ccccc1. The number of rotatable bonds is 7. The lowest BCUT2D eigenvalue weighted by Gasteiger charge is -2.30. The molecule has 0 radical (unpaired) electrons. The van der Waals surface area contributed by atoms with Crippen LogP contribution in [0.25, 0.3) is 0 Å². The first-order valence-electron chi connectivity index (χ1n) is 6.63. The van der Waals surface area contributed by atoms with Crippen molar-refractivity contribution in [3.05, 3.63) is 35.9 Å². The molecule has 0 aliphatic carbocycles. The van der Waals surface area contributed by atoms with E-state index in [0.717, 1.165) is 24.9 Å². The largest absolute Gasteiger partial charge is 0.347 e. The summed E-state index contributed by atoms with van der Waals surface area (Å²) in [4.78, 5) is 11.9. The molecule has 1 rings (SSSR count). The van der Waals surface area contributed by atoms with Crippen molar-refractivity contribution in [2.24, 2.45) is 0 Å². The quantitative estimate of drug-likeness (QED) is 0.728. The minimum absolute atomic E-state index is 0.124. The maximum absolute atomic E-state index is 11.9. The summed E-state index contributed by atoms with van der Waals surface area (Å²) in [6.07, 6.45) is 2.33. The third kappa shape index (κ3) is 4.15. The fourth-order valence-corrected chi connectivity index (χ4v) is 1.97. The molecule has 100 valence electrons. The summed E-state index contributed by atoms with van der Waals surface area (Å²) in [5.74, 6) is 0.124. The van der Waals surface area contributed by atoms with Crippen molar-refractivity contribution in [3.63, 3.8) is 0 Å². The lowest BCUT2D eigenvalue weighted by atomic mass is 9.89. The molecule has 1 aromatic rings. The highest BCUT2D eigenvalue weighted by atomic mass is 16.1. The molecule has 1 amide bonds. The summed E-state index contributed by atoms with van der Waals surface area (Å²) >= 11 is 0. The molecular formula is C15H24N2O. The van der Waals surface area contributed by atoms with Gasteiger partial charge in [-0.15, -0.1) is 0 Å². The number of hydrogen-bond donors (Lipinski definition) is 2. The Kier molecular flexibility index (Phi) is 5.86. The van der Waals surface area contributed by atoms with Gasteiger partial charge in [0.05, 0.1) is 5.54 Å². The van der Waals surface area contributed by atoms with Crippen LogP contribution in [-0.2, 0) is 10.3 Å². The monoisotopic (exact) mass is 248 g/mol. The van der Waals surface area contributed by atoms with Gasteiger partial charge in [-0.25, -0.2) is 0 Å². The van der Waals surface area contributed by atoms with Gasteiger partial charge >= 0.3 is 0 Å². The number of hydrogen-bond acceptors (Lipinski definition) is 2. The molecular weight excluding hydrogens is 224 g/mol. The number of carbonyl (C=O) groups excluding carboxylic acids is 1. The van der Waals surface area contributed by atoms with E-state index in [1.807, 2.05) is 25.2 Å². The first kappa shape index (κ1) is 14.7. The van der Waals surface area contributed by atoms with Gasteiger partial charge in [0.15, 0.2) is 0 Å². The van der Waals surface area contributed by atoms with Crippen LogP contribution in [0.1, 0.15) is 38.7 Å². The van der Waals surface area contributed by atoms with Crippen molar-refractivity contribution in [2.75, 3.05) is 13.6 Å². The van der Waals surface area contributed by atoms with E-state index in [1.165, 1.54) is 0 Å². The van der Waals surface area contributed by atoms with Gasteiger partial charge < -0.3 is 10.6 Å². The number of benzene rings is 1. The topological polar surface area (TPSA) is 41.1 Å². The van der Waals surface area contributed by atoms with E-state index >= 15 is 0 Å². The average Bonchev–Trinajstić information content (AvgIpc) is 2.40. The zero-order chi connectivity index (χ0) is 13.4. The van der Waals surface area contributed by atoms with Crippen LogP contribution in [0.15, 0.2) is 30.3 Å². The molecule has 0 heterocycles. The average molecular weight is 248 g/mol. The van der Waals surface area contributed by atoms with Crippen molar-refractivity contribution in [2.45, 2.75) is 38.6 Å². The highest BCUT2D eigenvalue weighted by Crippen LogP contribution is 2.24. The smallest absolute Gasteiger partial charge is 0.220 e. The zero-order valence-electron chi connectivity index (χ0n) is 11.6. The molecule has 0 fully saturated rings. The van der Waals surface area contributed by atoms with E-state index in [-0.39, 0.29) is 11.4 Å². The summed E-state index contributed by atoms with van der Waals surface area (Å²) in [5, 5.41) is 6.20. The van der Waals surface area contributed by atoms with Gasteiger partial charge in [-0.05, 0) is 38.9 Å². The van der Waals surface area contributed by atoms with Crippen LogP contribution < -0.4 is 10.6 Å². The molecule has 0 saturated carbocycles. The lowest BCUT2D eigenvalue weighted by Crippen LogP contribution is -2.43. The Morgan fingerprint density at radius 3 is 2.50 bits per heavy atom. The first-order valence-corrected chi connectivity index (χ1v) is 6.63. The van der Waals surface area contributed by atoms with Crippen molar-refractivity contribution < 1.29 is 4.79 Å². The fraction of sp³-hybridized carbons (Fsp3) is 0.533. The van der Waals surface area contributed by atoms with Gasteiger partial charge in [0, 0.05) is 6.42 Å². The minimum Gasteiger partial charge on any atom is -0.347 e. The molecule has 3 heteroatoms. The predicted molar refractivity (Wildman–Crippen MR) is 75.4 cm³/mol. The molecule has 0 aliphatic heterocycles. The first-order chi connectivity index (χ1) is 8.62. The zero-order valence-corrected chi connectivity index (χ0v) is 11.6. The molecule has 2 N–H and O–H groups in total. The summed E-state index contributed by atoms with van der Waals surface area (Å²) in [5.41, 5.74) is 0.896. The summed E-state index contributed by atoms with van der Waals surface area (Å²) in [7, 11) is 1.90. The van der Waals surface area contributed by atoms with Crippen LogP contribution in [0.3, 0.4) is 0 Å². The van der Waals surface area contributed by atoms with Crippen LogP contribution in [-0.4, -0.2) is 19.5 Å². The van der Waals surface area contributed by atoms with Gasteiger partial charge in [0.2, 0.25) is 5.91 Å². The molecule has 1 atom stereocenters. The third-order valence-corrected chi connectivity index (χ3v) is 3.36. The van der Waals surface area contributed by atoms with Gasteiger partial charge in [-0.2, -0.15) is 0 Å². The maximum Gasteiger partial charge on any atom is 0.220 e. The van der Waals surface area contributed by atoms with E-state index in [0.29, 0.717) is 6.42 Å². The second kappa shape index (κ2) is 7.17. The molecule has 1 aromatic carbocycles. The maximum atomic E-state index is 11.9. The number of nitrogens with one attached hydrogen (secondary N) is 2. The van der Waals surface area contributed by atoms with E-state index in [9.17, 15) is 4.79 Å². The molecule has 0 aromatic heterocycles. The van der Waals surface area contributed by atoms with Crippen LogP contribution in [0, 0.1) is 0 Å². The molecule has 18 heavy (non-hydrogen) atoms. The molecule has 0 saturated heterocycles. The summed E-state index contributed by atoms with van der Waals surface area (Å²) in [6, 6.07) is 10.1. The van der Waals surface area contributed by atoms with Gasteiger partial charge in [0.25, 0.3) is 0 Å².